The second-order valence-corrected chi connectivity index (χ2v) is 5.82. The molecule has 2 aliphatic heterocycles. The van der Waals surface area contributed by atoms with Gasteiger partial charge in [-0.05, 0) is 18.8 Å². The molecule has 0 saturated carbocycles. The number of urea groups is 1. The Morgan fingerprint density at radius 1 is 1.33 bits per heavy atom. The third-order valence-electron chi connectivity index (χ3n) is 4.41. The molecule has 0 aromatic carbocycles. The number of hydrogen-bond donors (Lipinski definition) is 2. The van der Waals surface area contributed by atoms with Gasteiger partial charge in [-0.2, -0.15) is 0 Å². The Kier molecular flexibility index (Phi) is 5.41. The lowest BCUT2D eigenvalue weighted by atomic mass is 9.90. The highest BCUT2D eigenvalue weighted by molar-refractivity contribution is 5.86. The number of aliphatic carboxylic acids is 1. The van der Waals surface area contributed by atoms with E-state index in [0.29, 0.717) is 51.7 Å². The second-order valence-electron chi connectivity index (χ2n) is 5.82. The minimum Gasteiger partial charge on any atom is -0.480 e. The molecule has 0 aromatic rings. The van der Waals surface area contributed by atoms with E-state index < -0.39 is 11.5 Å². The zero-order valence-electron chi connectivity index (χ0n) is 12.5. The van der Waals surface area contributed by atoms with Crippen LogP contribution in [0.15, 0.2) is 0 Å². The fourth-order valence-corrected chi connectivity index (χ4v) is 2.93. The molecule has 7 heteroatoms. The van der Waals surface area contributed by atoms with Crippen LogP contribution in [0, 0.1) is 5.92 Å². The molecule has 0 spiro atoms. The van der Waals surface area contributed by atoms with E-state index in [1.165, 1.54) is 0 Å². The van der Waals surface area contributed by atoms with E-state index in [4.69, 9.17) is 9.47 Å². The number of carboxylic acid groups (broad SMARTS) is 1. The summed E-state index contributed by atoms with van der Waals surface area (Å²) in [5, 5.41) is 12.2. The Bertz CT molecular complexity index is 374. The predicted octanol–water partition coefficient (Wildman–Crippen LogP) is 0.688. The van der Waals surface area contributed by atoms with Gasteiger partial charge in [0.05, 0.1) is 0 Å². The summed E-state index contributed by atoms with van der Waals surface area (Å²) < 4.78 is 10.3. The van der Waals surface area contributed by atoms with E-state index in [1.54, 1.807) is 12.0 Å². The Hall–Kier alpha value is -1.34. The first kappa shape index (κ1) is 16.0. The van der Waals surface area contributed by atoms with Gasteiger partial charge >= 0.3 is 12.0 Å². The molecule has 2 fully saturated rings. The number of hydrogen-bond acceptors (Lipinski definition) is 4. The lowest BCUT2D eigenvalue weighted by Crippen LogP contribution is -2.60. The number of carbonyl (C=O) groups is 2. The molecule has 0 atom stereocenters. The predicted molar refractivity (Wildman–Crippen MR) is 75.1 cm³/mol. The molecule has 21 heavy (non-hydrogen) atoms. The molecule has 0 aliphatic carbocycles. The first-order chi connectivity index (χ1) is 10.1. The quantitative estimate of drug-likeness (QED) is 0.797. The van der Waals surface area contributed by atoms with E-state index >= 15 is 0 Å². The van der Waals surface area contributed by atoms with Crippen LogP contribution in [-0.4, -0.2) is 67.6 Å². The van der Waals surface area contributed by atoms with Gasteiger partial charge in [-0.3, -0.25) is 0 Å². The molecule has 7 nitrogen and oxygen atoms in total. The maximum absolute atomic E-state index is 12.3. The Morgan fingerprint density at radius 3 is 2.48 bits per heavy atom. The number of ether oxygens (including phenoxy) is 2. The average molecular weight is 300 g/mol. The van der Waals surface area contributed by atoms with Crippen LogP contribution in [0.3, 0.4) is 0 Å². The van der Waals surface area contributed by atoms with E-state index in [2.05, 4.69) is 5.32 Å². The fourth-order valence-electron chi connectivity index (χ4n) is 2.93. The molecule has 2 amide bonds. The molecule has 2 saturated heterocycles. The van der Waals surface area contributed by atoms with Crippen molar-refractivity contribution in [2.45, 2.75) is 31.2 Å². The summed E-state index contributed by atoms with van der Waals surface area (Å²) in [6.07, 6.45) is 2.41. The maximum atomic E-state index is 12.3. The molecular formula is C14H24N2O5. The van der Waals surface area contributed by atoms with E-state index in [0.717, 1.165) is 12.8 Å². The van der Waals surface area contributed by atoms with Crippen molar-refractivity contribution in [3.8, 4) is 0 Å². The van der Waals surface area contributed by atoms with Crippen LogP contribution >= 0.6 is 0 Å². The molecule has 0 radical (unpaired) electrons. The van der Waals surface area contributed by atoms with Crippen molar-refractivity contribution < 1.29 is 24.2 Å². The summed E-state index contributed by atoms with van der Waals surface area (Å²) in [6, 6.07) is -0.282. The van der Waals surface area contributed by atoms with E-state index in [1.807, 2.05) is 0 Å². The van der Waals surface area contributed by atoms with Crippen molar-refractivity contribution >= 4 is 12.0 Å². The van der Waals surface area contributed by atoms with Gasteiger partial charge in [0.25, 0.3) is 0 Å². The topological polar surface area (TPSA) is 88.1 Å². The van der Waals surface area contributed by atoms with Gasteiger partial charge in [0.15, 0.2) is 0 Å². The van der Waals surface area contributed by atoms with Crippen LogP contribution < -0.4 is 5.32 Å². The number of methoxy groups -OCH3 is 1. The summed E-state index contributed by atoms with van der Waals surface area (Å²) in [5.74, 6) is -0.496. The van der Waals surface area contributed by atoms with Crippen LogP contribution in [0.25, 0.3) is 0 Å². The smallest absolute Gasteiger partial charge is 0.329 e. The first-order valence-corrected chi connectivity index (χ1v) is 7.44. The van der Waals surface area contributed by atoms with Gasteiger partial charge in [0.2, 0.25) is 0 Å². The molecule has 0 aromatic heterocycles. The average Bonchev–Trinajstić information content (AvgIpc) is 2.49. The zero-order valence-corrected chi connectivity index (χ0v) is 12.5. The molecule has 2 rings (SSSR count). The van der Waals surface area contributed by atoms with Gasteiger partial charge in [-0.15, -0.1) is 0 Å². The van der Waals surface area contributed by atoms with Gasteiger partial charge in [0, 0.05) is 52.9 Å². The number of rotatable bonds is 4. The Balaban J connectivity index is 1.90. The van der Waals surface area contributed by atoms with Crippen LogP contribution in [0.2, 0.25) is 0 Å². The Labute approximate surface area is 124 Å². The number of likely N-dealkylation sites (tertiary alicyclic amines) is 1. The number of amides is 2. The standard InChI is InChI=1S/C14H24N2O5/c1-20-10-11-2-6-16(7-3-11)13(19)15-14(12(17)18)4-8-21-9-5-14/h11H,2-10H2,1H3,(H,15,19)(H,17,18). The number of carboxylic acids is 1. The largest absolute Gasteiger partial charge is 0.480 e. The summed E-state index contributed by atoms with van der Waals surface area (Å²) in [4.78, 5) is 25.5. The summed E-state index contributed by atoms with van der Waals surface area (Å²) in [7, 11) is 1.68. The highest BCUT2D eigenvalue weighted by atomic mass is 16.5. The van der Waals surface area contributed by atoms with Gasteiger partial charge in [-0.1, -0.05) is 0 Å². The molecule has 2 N–H and O–H groups in total. The van der Waals surface area contributed by atoms with Crippen molar-refractivity contribution in [2.75, 3.05) is 40.0 Å². The number of piperidine rings is 1. The lowest BCUT2D eigenvalue weighted by Gasteiger charge is -2.38. The lowest BCUT2D eigenvalue weighted by molar-refractivity contribution is -0.148. The molecule has 2 heterocycles. The molecular weight excluding hydrogens is 276 g/mol. The SMILES string of the molecule is COCC1CCN(C(=O)NC2(C(=O)O)CCOCC2)CC1. The van der Waals surface area contributed by atoms with Crippen molar-refractivity contribution in [3.63, 3.8) is 0 Å². The van der Waals surface area contributed by atoms with Crippen molar-refractivity contribution in [1.29, 1.82) is 0 Å². The molecule has 0 unspecified atom stereocenters. The van der Waals surface area contributed by atoms with E-state index in [9.17, 15) is 14.7 Å². The minimum atomic E-state index is -1.18. The molecule has 2 aliphatic rings. The van der Waals surface area contributed by atoms with Crippen molar-refractivity contribution in [2.24, 2.45) is 5.92 Å². The highest BCUT2D eigenvalue weighted by Crippen LogP contribution is 2.23. The third-order valence-corrected chi connectivity index (χ3v) is 4.41. The first-order valence-electron chi connectivity index (χ1n) is 7.44. The number of carbonyl (C=O) groups excluding carboxylic acids is 1. The number of nitrogens with one attached hydrogen (secondary N) is 1. The van der Waals surface area contributed by atoms with Crippen LogP contribution in [0.4, 0.5) is 4.79 Å². The zero-order chi connectivity index (χ0) is 15.3. The van der Waals surface area contributed by atoms with Crippen LogP contribution in [0.5, 0.6) is 0 Å². The second kappa shape index (κ2) is 7.09. The minimum absolute atomic E-state index is 0.282. The number of nitrogens with zero attached hydrogens (tertiary/aromatic N) is 1. The molecule has 120 valence electrons. The van der Waals surface area contributed by atoms with Gasteiger partial charge < -0.3 is 24.8 Å². The normalized spacial score (nSPS) is 22.8. The van der Waals surface area contributed by atoms with Crippen molar-refractivity contribution in [3.05, 3.63) is 0 Å². The Morgan fingerprint density at radius 2 is 1.95 bits per heavy atom. The summed E-state index contributed by atoms with van der Waals surface area (Å²) >= 11 is 0. The molecule has 0 bridgehead atoms. The maximum Gasteiger partial charge on any atom is 0.329 e. The third kappa shape index (κ3) is 3.85. The summed E-state index contributed by atoms with van der Waals surface area (Å²) in [6.45, 7) is 2.73. The van der Waals surface area contributed by atoms with Crippen LogP contribution in [-0.2, 0) is 14.3 Å². The fraction of sp³-hybridized carbons (Fsp3) is 0.857. The van der Waals surface area contributed by atoms with Gasteiger partial charge in [-0.25, -0.2) is 9.59 Å². The van der Waals surface area contributed by atoms with Crippen molar-refractivity contribution in [1.82, 2.24) is 10.2 Å². The monoisotopic (exact) mass is 300 g/mol. The highest BCUT2D eigenvalue weighted by Gasteiger charge is 2.42. The summed E-state index contributed by atoms with van der Waals surface area (Å²) in [5.41, 5.74) is -1.18. The van der Waals surface area contributed by atoms with E-state index in [-0.39, 0.29) is 6.03 Å². The van der Waals surface area contributed by atoms with Gasteiger partial charge in [0.1, 0.15) is 5.54 Å². The van der Waals surface area contributed by atoms with Crippen LogP contribution in [0.1, 0.15) is 25.7 Å².